The van der Waals surface area contributed by atoms with Gasteiger partial charge in [0.1, 0.15) is 5.82 Å². The number of nitrogens with zero attached hydrogens (tertiary/aromatic N) is 1. The van der Waals surface area contributed by atoms with Crippen LogP contribution in [0, 0.1) is 5.41 Å². The molecule has 0 unspecified atom stereocenters. The number of aromatic nitrogens is 1. The molecule has 14 heavy (non-hydrogen) atoms. The summed E-state index contributed by atoms with van der Waals surface area (Å²) >= 11 is 3.33. The first kappa shape index (κ1) is 9.77. The Kier molecular flexibility index (Phi) is 2.39. The third-order valence-electron chi connectivity index (χ3n) is 2.67. The van der Waals surface area contributed by atoms with Gasteiger partial charge in [0.15, 0.2) is 0 Å². The lowest BCUT2D eigenvalue weighted by molar-refractivity contribution is 0.609. The summed E-state index contributed by atoms with van der Waals surface area (Å²) in [7, 11) is 0. The molecule has 1 aliphatic carbocycles. The third kappa shape index (κ3) is 2.18. The van der Waals surface area contributed by atoms with Crippen molar-refractivity contribution in [3.63, 3.8) is 0 Å². The van der Waals surface area contributed by atoms with Gasteiger partial charge in [0.25, 0.3) is 0 Å². The molecule has 0 saturated heterocycles. The maximum absolute atomic E-state index is 5.82. The number of halogens is 1. The molecule has 0 amide bonds. The summed E-state index contributed by atoms with van der Waals surface area (Å²) in [6.45, 7) is 3.24. The number of hydrogen-bond donors (Lipinski definition) is 2. The third-order valence-corrected chi connectivity index (χ3v) is 3.10. The van der Waals surface area contributed by atoms with Crippen molar-refractivity contribution in [1.29, 1.82) is 0 Å². The van der Waals surface area contributed by atoms with Gasteiger partial charge in [0.2, 0.25) is 0 Å². The molecule has 3 N–H and O–H groups in total. The van der Waals surface area contributed by atoms with E-state index in [-0.39, 0.29) is 0 Å². The van der Waals surface area contributed by atoms with Crippen LogP contribution in [0.1, 0.15) is 19.8 Å². The Morgan fingerprint density at radius 2 is 2.36 bits per heavy atom. The van der Waals surface area contributed by atoms with Crippen LogP contribution in [0.4, 0.5) is 11.5 Å². The topological polar surface area (TPSA) is 50.9 Å². The van der Waals surface area contributed by atoms with Crippen molar-refractivity contribution in [2.75, 3.05) is 17.6 Å². The molecule has 1 aromatic heterocycles. The van der Waals surface area contributed by atoms with Crippen LogP contribution < -0.4 is 11.1 Å². The van der Waals surface area contributed by atoms with Crippen molar-refractivity contribution in [3.05, 3.63) is 16.7 Å². The summed E-state index contributed by atoms with van der Waals surface area (Å²) in [5.74, 6) is 0.793. The second-order valence-corrected chi connectivity index (χ2v) is 5.17. The fourth-order valence-corrected chi connectivity index (χ4v) is 1.64. The Morgan fingerprint density at radius 1 is 1.64 bits per heavy atom. The van der Waals surface area contributed by atoms with E-state index in [2.05, 4.69) is 33.2 Å². The van der Waals surface area contributed by atoms with Gasteiger partial charge in [-0.05, 0) is 40.3 Å². The van der Waals surface area contributed by atoms with E-state index >= 15 is 0 Å². The Labute approximate surface area is 92.2 Å². The molecule has 1 heterocycles. The maximum Gasteiger partial charge on any atom is 0.149 e. The highest BCUT2D eigenvalue weighted by Crippen LogP contribution is 2.44. The fraction of sp³-hybridized carbons (Fsp3) is 0.500. The smallest absolute Gasteiger partial charge is 0.149 e. The standard InChI is InChI=1S/C10H14BrN3/c1-10(2-3-10)6-14-9-8(12)4-7(11)5-13-9/h4-5H,2-3,6,12H2,1H3,(H,13,14). The molecule has 0 bridgehead atoms. The zero-order valence-electron chi connectivity index (χ0n) is 8.18. The van der Waals surface area contributed by atoms with Crippen LogP contribution in [0.5, 0.6) is 0 Å². The van der Waals surface area contributed by atoms with Gasteiger partial charge >= 0.3 is 0 Å². The van der Waals surface area contributed by atoms with Crippen molar-refractivity contribution < 1.29 is 0 Å². The average Bonchev–Trinajstić information content (AvgIpc) is 2.83. The van der Waals surface area contributed by atoms with E-state index in [9.17, 15) is 0 Å². The number of anilines is 2. The molecule has 76 valence electrons. The lowest BCUT2D eigenvalue weighted by Crippen LogP contribution is -2.13. The zero-order valence-corrected chi connectivity index (χ0v) is 9.76. The molecule has 1 fully saturated rings. The Bertz CT molecular complexity index is 347. The van der Waals surface area contributed by atoms with Crippen LogP contribution in [0.15, 0.2) is 16.7 Å². The number of rotatable bonds is 3. The van der Waals surface area contributed by atoms with Crippen LogP contribution in [0.3, 0.4) is 0 Å². The summed E-state index contributed by atoms with van der Waals surface area (Å²) in [6, 6.07) is 1.87. The van der Waals surface area contributed by atoms with Crippen molar-refractivity contribution in [2.45, 2.75) is 19.8 Å². The normalized spacial score (nSPS) is 17.9. The predicted molar refractivity (Wildman–Crippen MR) is 62.2 cm³/mol. The minimum absolute atomic E-state index is 0.473. The molecule has 0 atom stereocenters. The second kappa shape index (κ2) is 3.42. The highest BCUT2D eigenvalue weighted by Gasteiger charge is 2.36. The van der Waals surface area contributed by atoms with Crippen LogP contribution in [-0.4, -0.2) is 11.5 Å². The first-order valence-corrected chi connectivity index (χ1v) is 5.53. The molecule has 2 rings (SSSR count). The van der Waals surface area contributed by atoms with Crippen molar-refractivity contribution in [1.82, 2.24) is 4.98 Å². The van der Waals surface area contributed by atoms with E-state index < -0.39 is 0 Å². The predicted octanol–water partition coefficient (Wildman–Crippen LogP) is 2.64. The monoisotopic (exact) mass is 255 g/mol. The number of hydrogen-bond acceptors (Lipinski definition) is 3. The summed E-state index contributed by atoms with van der Waals surface area (Å²) < 4.78 is 0.915. The SMILES string of the molecule is CC1(CNc2ncc(Br)cc2N)CC1. The van der Waals surface area contributed by atoms with Crippen LogP contribution in [-0.2, 0) is 0 Å². The molecular formula is C10H14BrN3. The van der Waals surface area contributed by atoms with Gasteiger partial charge in [0, 0.05) is 17.2 Å². The van der Waals surface area contributed by atoms with Crippen LogP contribution in [0.2, 0.25) is 0 Å². The van der Waals surface area contributed by atoms with Gasteiger partial charge < -0.3 is 11.1 Å². The van der Waals surface area contributed by atoms with Gasteiger partial charge in [-0.3, -0.25) is 0 Å². The number of nitrogen functional groups attached to an aromatic ring is 1. The average molecular weight is 256 g/mol. The van der Waals surface area contributed by atoms with Gasteiger partial charge in [-0.1, -0.05) is 6.92 Å². The molecule has 0 aliphatic heterocycles. The van der Waals surface area contributed by atoms with E-state index in [1.807, 2.05) is 6.07 Å². The van der Waals surface area contributed by atoms with Gasteiger partial charge in [0.05, 0.1) is 5.69 Å². The number of nitrogens with one attached hydrogen (secondary N) is 1. The molecule has 1 aliphatic rings. The lowest BCUT2D eigenvalue weighted by Gasteiger charge is -2.12. The quantitative estimate of drug-likeness (QED) is 0.874. The molecule has 0 spiro atoms. The molecule has 3 nitrogen and oxygen atoms in total. The molecule has 1 aromatic rings. The maximum atomic E-state index is 5.82. The molecule has 1 saturated carbocycles. The molecule has 4 heteroatoms. The lowest BCUT2D eigenvalue weighted by atomic mass is 10.1. The Balaban J connectivity index is 2.02. The van der Waals surface area contributed by atoms with E-state index in [1.165, 1.54) is 12.8 Å². The second-order valence-electron chi connectivity index (χ2n) is 4.26. The van der Waals surface area contributed by atoms with Gasteiger partial charge in [-0.2, -0.15) is 0 Å². The van der Waals surface area contributed by atoms with E-state index in [1.54, 1.807) is 6.20 Å². The van der Waals surface area contributed by atoms with Gasteiger partial charge in [-0.15, -0.1) is 0 Å². The first-order chi connectivity index (χ1) is 6.59. The van der Waals surface area contributed by atoms with Crippen molar-refractivity contribution >= 4 is 27.4 Å². The minimum Gasteiger partial charge on any atom is -0.396 e. The van der Waals surface area contributed by atoms with Crippen LogP contribution >= 0.6 is 15.9 Å². The molecule has 0 radical (unpaired) electrons. The van der Waals surface area contributed by atoms with E-state index in [4.69, 9.17) is 5.73 Å². The number of nitrogens with two attached hydrogens (primary N) is 1. The van der Waals surface area contributed by atoms with E-state index in [0.717, 1.165) is 16.8 Å². The fourth-order valence-electron chi connectivity index (χ4n) is 1.29. The largest absolute Gasteiger partial charge is 0.396 e. The van der Waals surface area contributed by atoms with Gasteiger partial charge in [-0.25, -0.2) is 4.98 Å². The highest BCUT2D eigenvalue weighted by molar-refractivity contribution is 9.10. The minimum atomic E-state index is 0.473. The van der Waals surface area contributed by atoms with E-state index in [0.29, 0.717) is 11.1 Å². The van der Waals surface area contributed by atoms with Crippen molar-refractivity contribution in [2.24, 2.45) is 5.41 Å². The Morgan fingerprint density at radius 3 is 2.93 bits per heavy atom. The summed E-state index contributed by atoms with van der Waals surface area (Å²) in [4.78, 5) is 4.23. The zero-order chi connectivity index (χ0) is 10.2. The molecule has 0 aromatic carbocycles. The summed E-state index contributed by atoms with van der Waals surface area (Å²) in [6.07, 6.45) is 4.36. The number of pyridine rings is 1. The van der Waals surface area contributed by atoms with Crippen LogP contribution in [0.25, 0.3) is 0 Å². The highest BCUT2D eigenvalue weighted by atomic mass is 79.9. The Hall–Kier alpha value is -0.770. The first-order valence-electron chi connectivity index (χ1n) is 4.74. The van der Waals surface area contributed by atoms with Crippen molar-refractivity contribution in [3.8, 4) is 0 Å². The molecular weight excluding hydrogens is 242 g/mol. The summed E-state index contributed by atoms with van der Waals surface area (Å²) in [5, 5.41) is 3.29. The summed E-state index contributed by atoms with van der Waals surface area (Å²) in [5.41, 5.74) is 6.99.